The molecule has 0 aromatic heterocycles. The minimum absolute atomic E-state index is 0.0309. The lowest BCUT2D eigenvalue weighted by atomic mass is 9.99. The van der Waals surface area contributed by atoms with Crippen molar-refractivity contribution in [3.63, 3.8) is 0 Å². The van der Waals surface area contributed by atoms with Crippen LogP contribution in [0.25, 0.3) is 0 Å². The molecule has 0 aliphatic carbocycles. The van der Waals surface area contributed by atoms with Gasteiger partial charge >= 0.3 is 0 Å². The Morgan fingerprint density at radius 3 is 2.26 bits per heavy atom. The van der Waals surface area contributed by atoms with Crippen LogP contribution in [0.4, 0.5) is 11.4 Å². The molecular weight excluding hydrogens is 569 g/mol. The number of anilines is 2. The summed E-state index contributed by atoms with van der Waals surface area (Å²) in [7, 11) is -7.57. The molecule has 8 nitrogen and oxygen atoms in total. The number of rotatable bonds is 8. The lowest BCUT2D eigenvalue weighted by Crippen LogP contribution is -2.44. The average molecular weight is 597 g/mol. The molecule has 1 aliphatic rings. The predicted octanol–water partition coefficient (Wildman–Crippen LogP) is 5.28. The highest BCUT2D eigenvalue weighted by Crippen LogP contribution is 2.29. The first kappa shape index (κ1) is 28.4. The van der Waals surface area contributed by atoms with Crippen LogP contribution < -0.4 is 10.0 Å². The second kappa shape index (κ2) is 11.6. The standard InChI is InChI=1S/C26H27Cl2N3O5S2/c1-18-5-2-7-21(15-18)30-38(35,36)22-12-10-20(11-13-22)29-26(32)19-6-4-14-31(16-19)37(33,34)17-23-24(27)8-3-9-25(23)28/h2-3,5,7-13,15,19,30H,4,6,14,16-17H2,1H3,(H,29,32). The van der Waals surface area contributed by atoms with Crippen molar-refractivity contribution in [1.29, 1.82) is 0 Å². The zero-order chi connectivity index (χ0) is 27.5. The molecule has 1 saturated heterocycles. The molecule has 202 valence electrons. The van der Waals surface area contributed by atoms with E-state index in [0.717, 1.165) is 5.56 Å². The number of piperidine rings is 1. The van der Waals surface area contributed by atoms with E-state index < -0.39 is 26.0 Å². The summed E-state index contributed by atoms with van der Waals surface area (Å²) >= 11 is 12.3. The first-order chi connectivity index (χ1) is 17.9. The molecule has 1 amide bonds. The van der Waals surface area contributed by atoms with E-state index in [1.54, 1.807) is 36.4 Å². The molecule has 1 fully saturated rings. The van der Waals surface area contributed by atoms with E-state index in [4.69, 9.17) is 23.2 Å². The van der Waals surface area contributed by atoms with Crippen LogP contribution in [0, 0.1) is 12.8 Å². The van der Waals surface area contributed by atoms with Gasteiger partial charge in [-0.3, -0.25) is 9.52 Å². The Morgan fingerprint density at radius 1 is 0.947 bits per heavy atom. The van der Waals surface area contributed by atoms with E-state index in [0.29, 0.717) is 36.3 Å². The van der Waals surface area contributed by atoms with Gasteiger partial charge in [-0.25, -0.2) is 21.1 Å². The van der Waals surface area contributed by atoms with E-state index in [-0.39, 0.29) is 33.1 Å². The monoisotopic (exact) mass is 595 g/mol. The molecular formula is C26H27Cl2N3O5S2. The number of carbonyl (C=O) groups is 1. The molecule has 38 heavy (non-hydrogen) atoms. The van der Waals surface area contributed by atoms with Crippen molar-refractivity contribution < 1.29 is 21.6 Å². The Morgan fingerprint density at radius 2 is 1.61 bits per heavy atom. The van der Waals surface area contributed by atoms with Crippen molar-refractivity contribution in [2.45, 2.75) is 30.4 Å². The van der Waals surface area contributed by atoms with Gasteiger partial charge < -0.3 is 5.32 Å². The molecule has 0 spiro atoms. The second-order valence-electron chi connectivity index (χ2n) is 9.14. The highest BCUT2D eigenvalue weighted by atomic mass is 35.5. The van der Waals surface area contributed by atoms with Gasteiger partial charge in [-0.2, -0.15) is 0 Å². The molecule has 4 rings (SSSR count). The molecule has 1 heterocycles. The fraction of sp³-hybridized carbons (Fsp3) is 0.269. The van der Waals surface area contributed by atoms with Crippen LogP contribution in [0.3, 0.4) is 0 Å². The second-order valence-corrected chi connectivity index (χ2v) is 13.6. The van der Waals surface area contributed by atoms with Gasteiger partial charge in [-0.05, 0) is 73.9 Å². The largest absolute Gasteiger partial charge is 0.326 e. The third-order valence-electron chi connectivity index (χ3n) is 6.24. The van der Waals surface area contributed by atoms with Crippen LogP contribution >= 0.6 is 23.2 Å². The molecule has 0 saturated carbocycles. The van der Waals surface area contributed by atoms with Crippen LogP contribution in [0.15, 0.2) is 71.6 Å². The van der Waals surface area contributed by atoms with Gasteiger partial charge in [0.05, 0.1) is 16.6 Å². The average Bonchev–Trinajstić information content (AvgIpc) is 2.86. The van der Waals surface area contributed by atoms with E-state index in [2.05, 4.69) is 10.0 Å². The van der Waals surface area contributed by atoms with Crippen LogP contribution in [0.2, 0.25) is 10.0 Å². The smallest absolute Gasteiger partial charge is 0.261 e. The summed E-state index contributed by atoms with van der Waals surface area (Å²) in [6.07, 6.45) is 1.05. The van der Waals surface area contributed by atoms with Crippen molar-refractivity contribution >= 4 is 60.5 Å². The fourth-order valence-corrected chi connectivity index (χ4v) is 7.65. The summed E-state index contributed by atoms with van der Waals surface area (Å²) in [5.74, 6) is -1.26. The molecule has 3 aromatic carbocycles. The minimum Gasteiger partial charge on any atom is -0.326 e. The van der Waals surface area contributed by atoms with Gasteiger partial charge in [-0.15, -0.1) is 0 Å². The summed E-state index contributed by atoms with van der Waals surface area (Å²) in [6.45, 7) is 2.20. The maximum atomic E-state index is 13.1. The molecule has 0 radical (unpaired) electrons. The molecule has 1 unspecified atom stereocenters. The fourth-order valence-electron chi connectivity index (χ4n) is 4.24. The number of nitrogens with zero attached hydrogens (tertiary/aromatic N) is 1. The maximum Gasteiger partial charge on any atom is 0.261 e. The summed E-state index contributed by atoms with van der Waals surface area (Å²) in [5.41, 5.74) is 2.11. The van der Waals surface area contributed by atoms with Crippen molar-refractivity contribution in [1.82, 2.24) is 4.31 Å². The molecule has 12 heteroatoms. The first-order valence-corrected chi connectivity index (χ1v) is 15.7. The van der Waals surface area contributed by atoms with E-state index in [1.807, 2.05) is 13.0 Å². The molecule has 1 aliphatic heterocycles. The minimum atomic E-state index is -3.81. The maximum absolute atomic E-state index is 13.1. The number of benzene rings is 3. The lowest BCUT2D eigenvalue weighted by Gasteiger charge is -2.31. The topological polar surface area (TPSA) is 113 Å². The van der Waals surface area contributed by atoms with Gasteiger partial charge in [0.1, 0.15) is 0 Å². The third kappa shape index (κ3) is 6.86. The molecule has 2 N–H and O–H groups in total. The number of hydrogen-bond donors (Lipinski definition) is 2. The predicted molar refractivity (Wildman–Crippen MR) is 150 cm³/mol. The van der Waals surface area contributed by atoms with Gasteiger partial charge in [0.15, 0.2) is 0 Å². The quantitative estimate of drug-likeness (QED) is 0.367. The molecule has 1 atom stereocenters. The summed E-state index contributed by atoms with van der Waals surface area (Å²) < 4.78 is 55.4. The zero-order valence-corrected chi connectivity index (χ0v) is 23.7. The number of hydrogen-bond acceptors (Lipinski definition) is 5. The van der Waals surface area contributed by atoms with Crippen LogP contribution in [-0.4, -0.2) is 40.1 Å². The molecule has 0 bridgehead atoms. The highest BCUT2D eigenvalue weighted by molar-refractivity contribution is 7.92. The van der Waals surface area contributed by atoms with Gasteiger partial charge in [0.2, 0.25) is 15.9 Å². The van der Waals surface area contributed by atoms with Crippen LogP contribution in [-0.2, 0) is 30.6 Å². The van der Waals surface area contributed by atoms with Gasteiger partial charge in [-0.1, -0.05) is 41.4 Å². The van der Waals surface area contributed by atoms with E-state index in [9.17, 15) is 21.6 Å². The normalized spacial score (nSPS) is 16.7. The van der Waals surface area contributed by atoms with Gasteiger partial charge in [0, 0.05) is 40.1 Å². The van der Waals surface area contributed by atoms with Crippen LogP contribution in [0.1, 0.15) is 24.0 Å². The number of amides is 1. The van der Waals surface area contributed by atoms with Crippen molar-refractivity contribution in [2.24, 2.45) is 5.92 Å². The summed E-state index contributed by atoms with van der Waals surface area (Å²) in [4.78, 5) is 13.0. The van der Waals surface area contributed by atoms with Crippen molar-refractivity contribution in [3.8, 4) is 0 Å². The summed E-state index contributed by atoms with van der Waals surface area (Å²) in [6, 6.07) is 17.6. The number of nitrogens with one attached hydrogen (secondary N) is 2. The Bertz CT molecular complexity index is 1530. The Hall–Kier alpha value is -2.63. The van der Waals surface area contributed by atoms with Crippen molar-refractivity contribution in [2.75, 3.05) is 23.1 Å². The first-order valence-electron chi connectivity index (χ1n) is 11.9. The SMILES string of the molecule is Cc1cccc(NS(=O)(=O)c2ccc(NC(=O)C3CCCN(S(=O)(=O)Cc4c(Cl)cccc4Cl)C3)cc2)c1. The highest BCUT2D eigenvalue weighted by Gasteiger charge is 2.33. The van der Waals surface area contributed by atoms with Crippen molar-refractivity contribution in [3.05, 3.63) is 87.9 Å². The zero-order valence-electron chi connectivity index (χ0n) is 20.5. The summed E-state index contributed by atoms with van der Waals surface area (Å²) in [5, 5.41) is 3.31. The van der Waals surface area contributed by atoms with Crippen LogP contribution in [0.5, 0.6) is 0 Å². The van der Waals surface area contributed by atoms with E-state index in [1.165, 1.54) is 28.6 Å². The Labute approximate surface area is 233 Å². The Balaban J connectivity index is 1.40. The third-order valence-corrected chi connectivity index (χ3v) is 10.1. The number of aryl methyl sites for hydroxylation is 1. The number of halogens is 2. The van der Waals surface area contributed by atoms with E-state index >= 15 is 0 Å². The number of sulfonamides is 2. The Kier molecular flexibility index (Phi) is 8.68. The number of carbonyl (C=O) groups excluding carboxylic acids is 1. The molecule has 3 aromatic rings. The van der Waals surface area contributed by atoms with Gasteiger partial charge in [0.25, 0.3) is 10.0 Å². The lowest BCUT2D eigenvalue weighted by molar-refractivity contribution is -0.120.